The Kier molecular flexibility index (Phi) is 5.98. The second-order valence-electron chi connectivity index (χ2n) is 6.07. The number of thioether (sulfide) groups is 1. The summed E-state index contributed by atoms with van der Waals surface area (Å²) in [5.41, 5.74) is 1.79. The van der Waals surface area contributed by atoms with E-state index in [-0.39, 0.29) is 17.0 Å². The van der Waals surface area contributed by atoms with Crippen molar-refractivity contribution in [1.82, 2.24) is 14.3 Å². The van der Waals surface area contributed by atoms with Gasteiger partial charge in [-0.2, -0.15) is 0 Å². The van der Waals surface area contributed by atoms with E-state index in [1.807, 2.05) is 30.5 Å². The van der Waals surface area contributed by atoms with E-state index in [4.69, 9.17) is 0 Å². The molecule has 0 bridgehead atoms. The summed E-state index contributed by atoms with van der Waals surface area (Å²) in [7, 11) is -3.56. The van der Waals surface area contributed by atoms with Gasteiger partial charge in [0.15, 0.2) is 0 Å². The molecule has 0 radical (unpaired) electrons. The summed E-state index contributed by atoms with van der Waals surface area (Å²) < 4.78 is 29.0. The smallest absolute Gasteiger partial charge is 0.272 e. The number of hydrogen-bond acceptors (Lipinski definition) is 5. The average Bonchev–Trinajstić information content (AvgIpc) is 2.67. The molecule has 8 heteroatoms. The van der Waals surface area contributed by atoms with Gasteiger partial charge in [0.05, 0.1) is 15.9 Å². The Morgan fingerprint density at radius 1 is 1.11 bits per heavy atom. The lowest BCUT2D eigenvalue weighted by Crippen LogP contribution is -2.28. The van der Waals surface area contributed by atoms with Gasteiger partial charge >= 0.3 is 0 Å². The maximum atomic E-state index is 12.4. The molecule has 0 spiro atoms. The molecule has 0 aliphatic rings. The largest absolute Gasteiger partial charge is 0.305 e. The van der Waals surface area contributed by atoms with Gasteiger partial charge in [0.25, 0.3) is 5.56 Å². The van der Waals surface area contributed by atoms with Crippen molar-refractivity contribution in [1.29, 1.82) is 0 Å². The van der Waals surface area contributed by atoms with Crippen LogP contribution in [0, 0.1) is 6.92 Å². The summed E-state index contributed by atoms with van der Waals surface area (Å²) in [5, 5.41) is 0. The molecule has 0 fully saturated rings. The summed E-state index contributed by atoms with van der Waals surface area (Å²) in [6, 6.07) is 14.2. The first-order valence-electron chi connectivity index (χ1n) is 8.52. The third kappa shape index (κ3) is 4.40. The molecule has 0 amide bonds. The van der Waals surface area contributed by atoms with Crippen LogP contribution in [0.4, 0.5) is 0 Å². The molecule has 0 unspecified atom stereocenters. The Bertz CT molecular complexity index is 1110. The van der Waals surface area contributed by atoms with E-state index in [9.17, 15) is 13.2 Å². The van der Waals surface area contributed by atoms with E-state index in [1.54, 1.807) is 47.5 Å². The van der Waals surface area contributed by atoms with Gasteiger partial charge < -0.3 is 4.57 Å². The molecule has 0 aliphatic carbocycles. The zero-order chi connectivity index (χ0) is 19.4. The summed E-state index contributed by atoms with van der Waals surface area (Å²) in [5.74, 6) is 0. The maximum Gasteiger partial charge on any atom is 0.272 e. The van der Waals surface area contributed by atoms with Crippen LogP contribution in [-0.2, 0) is 16.6 Å². The molecule has 3 aromatic rings. The van der Waals surface area contributed by atoms with Gasteiger partial charge in [0.1, 0.15) is 5.69 Å². The van der Waals surface area contributed by atoms with E-state index in [1.165, 1.54) is 0 Å². The number of para-hydroxylation sites is 2. The highest BCUT2D eigenvalue weighted by atomic mass is 32.2. The minimum Gasteiger partial charge on any atom is -0.305 e. The number of benzene rings is 2. The average molecular weight is 404 g/mol. The van der Waals surface area contributed by atoms with Gasteiger partial charge in [-0.25, -0.2) is 18.1 Å². The molecular formula is C19H21N3O3S2. The summed E-state index contributed by atoms with van der Waals surface area (Å²) in [4.78, 5) is 18.0. The Balaban J connectivity index is 1.69. The van der Waals surface area contributed by atoms with E-state index in [0.717, 1.165) is 15.9 Å². The molecule has 1 aromatic heterocycles. The number of sulfonamides is 1. The van der Waals surface area contributed by atoms with E-state index >= 15 is 0 Å². The second-order valence-corrected chi connectivity index (χ2v) is 8.72. The van der Waals surface area contributed by atoms with E-state index < -0.39 is 10.0 Å². The van der Waals surface area contributed by atoms with Gasteiger partial charge in [-0.05, 0) is 56.0 Å². The van der Waals surface area contributed by atoms with Crippen molar-refractivity contribution in [2.75, 3.05) is 12.8 Å². The maximum absolute atomic E-state index is 12.4. The van der Waals surface area contributed by atoms with Crippen LogP contribution in [-0.4, -0.2) is 30.8 Å². The van der Waals surface area contributed by atoms with Crippen LogP contribution in [0.15, 0.2) is 63.1 Å². The number of aryl methyl sites for hydroxylation is 2. The first-order valence-corrected chi connectivity index (χ1v) is 11.2. The fourth-order valence-corrected chi connectivity index (χ4v) is 4.31. The highest BCUT2D eigenvalue weighted by Crippen LogP contribution is 2.17. The van der Waals surface area contributed by atoms with Crippen molar-refractivity contribution in [2.24, 2.45) is 0 Å². The third-order valence-corrected chi connectivity index (χ3v) is 6.46. The first kappa shape index (κ1) is 19.6. The minimum atomic E-state index is -3.56. The molecule has 142 valence electrons. The first-order chi connectivity index (χ1) is 12.9. The SMILES string of the molecule is CSc1ccc(S(=O)(=O)NCCCn2c(=O)c(C)nc3ccccc32)cc1. The van der Waals surface area contributed by atoms with Gasteiger partial charge in [-0.3, -0.25) is 4.79 Å². The third-order valence-electron chi connectivity index (χ3n) is 4.24. The second kappa shape index (κ2) is 8.24. The Morgan fingerprint density at radius 2 is 1.81 bits per heavy atom. The lowest BCUT2D eigenvalue weighted by molar-refractivity contribution is 0.569. The molecule has 1 N–H and O–H groups in total. The molecule has 0 atom stereocenters. The monoisotopic (exact) mass is 403 g/mol. The Labute approximate surface area is 162 Å². The standard InChI is InChI=1S/C19H21N3O3S2/c1-14-19(23)22(18-7-4-3-6-17(18)21-14)13-5-12-20-27(24,25)16-10-8-15(26-2)9-11-16/h3-4,6-11,20H,5,12-13H2,1-2H3. The van der Waals surface area contributed by atoms with Crippen molar-refractivity contribution in [2.45, 2.75) is 29.7 Å². The van der Waals surface area contributed by atoms with Crippen LogP contribution < -0.4 is 10.3 Å². The molecule has 3 rings (SSSR count). The van der Waals surface area contributed by atoms with Crippen LogP contribution in [0.5, 0.6) is 0 Å². The van der Waals surface area contributed by atoms with Gasteiger partial charge in [-0.15, -0.1) is 11.8 Å². The van der Waals surface area contributed by atoms with Crippen molar-refractivity contribution in [3.8, 4) is 0 Å². The van der Waals surface area contributed by atoms with Crippen molar-refractivity contribution in [3.63, 3.8) is 0 Å². The Hall–Kier alpha value is -2.16. The fourth-order valence-electron chi connectivity index (χ4n) is 2.82. The van der Waals surface area contributed by atoms with Crippen LogP contribution in [0.25, 0.3) is 11.0 Å². The lowest BCUT2D eigenvalue weighted by atomic mass is 10.2. The van der Waals surface area contributed by atoms with Gasteiger partial charge in [0, 0.05) is 18.0 Å². The summed E-state index contributed by atoms with van der Waals surface area (Å²) in [6.07, 6.45) is 2.43. The molecule has 0 aliphatic heterocycles. The summed E-state index contributed by atoms with van der Waals surface area (Å²) >= 11 is 1.56. The molecule has 2 aromatic carbocycles. The molecule has 0 saturated carbocycles. The van der Waals surface area contributed by atoms with Gasteiger partial charge in [-0.1, -0.05) is 12.1 Å². The highest BCUT2D eigenvalue weighted by molar-refractivity contribution is 7.98. The molecular weight excluding hydrogens is 382 g/mol. The van der Waals surface area contributed by atoms with Crippen molar-refractivity contribution >= 4 is 32.8 Å². The molecule has 27 heavy (non-hydrogen) atoms. The lowest BCUT2D eigenvalue weighted by Gasteiger charge is -2.12. The Morgan fingerprint density at radius 3 is 2.52 bits per heavy atom. The van der Waals surface area contributed by atoms with E-state index in [2.05, 4.69) is 9.71 Å². The van der Waals surface area contributed by atoms with Crippen molar-refractivity contribution < 1.29 is 8.42 Å². The van der Waals surface area contributed by atoms with E-state index in [0.29, 0.717) is 18.7 Å². The van der Waals surface area contributed by atoms with Crippen LogP contribution in [0.2, 0.25) is 0 Å². The number of nitrogens with zero attached hydrogens (tertiary/aromatic N) is 2. The minimum absolute atomic E-state index is 0.149. The molecule has 0 saturated heterocycles. The fraction of sp³-hybridized carbons (Fsp3) is 0.263. The number of rotatable bonds is 7. The van der Waals surface area contributed by atoms with Gasteiger partial charge in [0.2, 0.25) is 10.0 Å². The number of hydrogen-bond donors (Lipinski definition) is 1. The zero-order valence-electron chi connectivity index (χ0n) is 15.2. The van der Waals surface area contributed by atoms with Crippen molar-refractivity contribution in [3.05, 3.63) is 64.6 Å². The quantitative estimate of drug-likeness (QED) is 0.485. The molecule has 1 heterocycles. The topological polar surface area (TPSA) is 81.1 Å². The number of fused-ring (bicyclic) bond motifs is 1. The molecule has 6 nitrogen and oxygen atoms in total. The van der Waals surface area contributed by atoms with Crippen LogP contribution >= 0.6 is 11.8 Å². The van der Waals surface area contributed by atoms with Crippen LogP contribution in [0.3, 0.4) is 0 Å². The number of aromatic nitrogens is 2. The summed E-state index contributed by atoms with van der Waals surface area (Å²) in [6.45, 7) is 2.34. The highest BCUT2D eigenvalue weighted by Gasteiger charge is 2.13. The zero-order valence-corrected chi connectivity index (χ0v) is 16.8. The normalized spacial score (nSPS) is 11.8. The van der Waals surface area contributed by atoms with Crippen LogP contribution in [0.1, 0.15) is 12.1 Å². The predicted octanol–water partition coefficient (Wildman–Crippen LogP) is 2.80. The number of nitrogens with one attached hydrogen (secondary N) is 1. The predicted molar refractivity (Wildman–Crippen MR) is 109 cm³/mol.